The molecule has 1 amide bonds. The van der Waals surface area contributed by atoms with Crippen molar-refractivity contribution in [1.82, 2.24) is 9.97 Å². The Morgan fingerprint density at radius 2 is 2.04 bits per heavy atom. The molecule has 1 saturated heterocycles. The molecule has 0 spiro atoms. The van der Waals surface area contributed by atoms with Crippen molar-refractivity contribution in [2.75, 3.05) is 37.5 Å². The average Bonchev–Trinajstić information content (AvgIpc) is 2.68. The summed E-state index contributed by atoms with van der Waals surface area (Å²) in [6.07, 6.45) is 3.54. The molecule has 26 heavy (non-hydrogen) atoms. The van der Waals surface area contributed by atoms with Gasteiger partial charge in [-0.3, -0.25) is 4.79 Å². The zero-order valence-corrected chi connectivity index (χ0v) is 15.4. The molecule has 1 aliphatic rings. The van der Waals surface area contributed by atoms with Crippen LogP contribution in [-0.4, -0.2) is 43.2 Å². The van der Waals surface area contributed by atoms with Gasteiger partial charge in [0.25, 0.3) is 0 Å². The van der Waals surface area contributed by atoms with Crippen LogP contribution in [0.25, 0.3) is 0 Å². The van der Waals surface area contributed by atoms with Crippen LogP contribution in [0.4, 0.5) is 11.6 Å². The first-order valence-electron chi connectivity index (χ1n) is 8.68. The fourth-order valence-electron chi connectivity index (χ4n) is 3.12. The van der Waals surface area contributed by atoms with Gasteiger partial charge in [-0.1, -0.05) is 0 Å². The molecule has 1 aromatic carbocycles. The monoisotopic (exact) mass is 356 g/mol. The Morgan fingerprint density at radius 1 is 1.23 bits per heavy atom. The second-order valence-corrected chi connectivity index (χ2v) is 6.34. The van der Waals surface area contributed by atoms with E-state index in [1.807, 2.05) is 19.1 Å². The number of nitrogens with one attached hydrogen (secondary N) is 1. The number of ether oxygens (including phenoxy) is 2. The Morgan fingerprint density at radius 3 is 2.77 bits per heavy atom. The van der Waals surface area contributed by atoms with Crippen molar-refractivity contribution in [3.63, 3.8) is 0 Å². The molecule has 3 rings (SSSR count). The summed E-state index contributed by atoms with van der Waals surface area (Å²) >= 11 is 0. The molecule has 0 aliphatic carbocycles. The summed E-state index contributed by atoms with van der Waals surface area (Å²) in [6.45, 7) is 3.42. The highest BCUT2D eigenvalue weighted by atomic mass is 16.5. The van der Waals surface area contributed by atoms with Crippen molar-refractivity contribution in [3.05, 3.63) is 36.2 Å². The number of amides is 1. The van der Waals surface area contributed by atoms with E-state index in [-0.39, 0.29) is 11.8 Å². The lowest BCUT2D eigenvalue weighted by molar-refractivity contribution is -0.120. The Hall–Kier alpha value is -2.83. The third-order valence-electron chi connectivity index (χ3n) is 4.51. The molecule has 2 heterocycles. The molecule has 1 aromatic heterocycles. The molecule has 7 nitrogen and oxygen atoms in total. The highest BCUT2D eigenvalue weighted by Gasteiger charge is 2.27. The van der Waals surface area contributed by atoms with Gasteiger partial charge in [0, 0.05) is 36.7 Å². The van der Waals surface area contributed by atoms with Gasteiger partial charge in [0.2, 0.25) is 11.9 Å². The second-order valence-electron chi connectivity index (χ2n) is 6.34. The minimum Gasteiger partial charge on any atom is -0.493 e. The molecule has 0 bridgehead atoms. The maximum absolute atomic E-state index is 12.7. The van der Waals surface area contributed by atoms with Gasteiger partial charge < -0.3 is 19.7 Å². The van der Waals surface area contributed by atoms with Crippen molar-refractivity contribution in [2.24, 2.45) is 5.92 Å². The molecule has 138 valence electrons. The van der Waals surface area contributed by atoms with Crippen LogP contribution in [-0.2, 0) is 4.79 Å². The van der Waals surface area contributed by atoms with Gasteiger partial charge in [0.15, 0.2) is 11.5 Å². The number of aryl methyl sites for hydroxylation is 1. The first-order chi connectivity index (χ1) is 12.6. The third kappa shape index (κ3) is 4.04. The summed E-state index contributed by atoms with van der Waals surface area (Å²) in [6, 6.07) is 7.22. The summed E-state index contributed by atoms with van der Waals surface area (Å²) in [5, 5.41) is 2.98. The Bertz CT molecular complexity index is 781. The van der Waals surface area contributed by atoms with Crippen LogP contribution in [0.1, 0.15) is 18.5 Å². The number of carbonyl (C=O) groups excluding carboxylic acids is 1. The van der Waals surface area contributed by atoms with Gasteiger partial charge in [-0.25, -0.2) is 9.97 Å². The number of rotatable bonds is 5. The van der Waals surface area contributed by atoms with E-state index in [1.165, 1.54) is 0 Å². The Balaban J connectivity index is 1.68. The lowest BCUT2D eigenvalue weighted by Gasteiger charge is -2.32. The second kappa shape index (κ2) is 8.03. The summed E-state index contributed by atoms with van der Waals surface area (Å²) in [5.41, 5.74) is 1.61. The van der Waals surface area contributed by atoms with Crippen LogP contribution >= 0.6 is 0 Å². The number of piperidine rings is 1. The summed E-state index contributed by atoms with van der Waals surface area (Å²) in [4.78, 5) is 23.6. The molecule has 1 aliphatic heterocycles. The molecule has 1 N–H and O–H groups in total. The van der Waals surface area contributed by atoms with E-state index in [9.17, 15) is 4.79 Å². The van der Waals surface area contributed by atoms with Gasteiger partial charge in [-0.2, -0.15) is 0 Å². The fourth-order valence-corrected chi connectivity index (χ4v) is 3.12. The predicted octanol–water partition coefficient (Wildman–Crippen LogP) is 2.66. The lowest BCUT2D eigenvalue weighted by Crippen LogP contribution is -2.41. The highest BCUT2D eigenvalue weighted by Crippen LogP contribution is 2.30. The third-order valence-corrected chi connectivity index (χ3v) is 4.51. The quantitative estimate of drug-likeness (QED) is 0.888. The van der Waals surface area contributed by atoms with Gasteiger partial charge >= 0.3 is 0 Å². The number of methoxy groups -OCH3 is 2. The van der Waals surface area contributed by atoms with Gasteiger partial charge in [0.05, 0.1) is 20.1 Å². The first-order valence-corrected chi connectivity index (χ1v) is 8.68. The molecule has 2 aromatic rings. The average molecular weight is 356 g/mol. The number of anilines is 2. The van der Waals surface area contributed by atoms with E-state index in [0.717, 1.165) is 25.1 Å². The molecular weight excluding hydrogens is 332 g/mol. The molecule has 0 unspecified atom stereocenters. The Labute approximate surface area is 153 Å². The van der Waals surface area contributed by atoms with E-state index in [2.05, 4.69) is 20.2 Å². The number of nitrogens with zero attached hydrogens (tertiary/aromatic N) is 3. The number of hydrogen-bond donors (Lipinski definition) is 1. The molecule has 7 heteroatoms. The van der Waals surface area contributed by atoms with Crippen molar-refractivity contribution < 1.29 is 14.3 Å². The van der Waals surface area contributed by atoms with Gasteiger partial charge in [0.1, 0.15) is 0 Å². The van der Waals surface area contributed by atoms with Crippen LogP contribution in [0.15, 0.2) is 30.5 Å². The molecular formula is C19H24N4O3. The van der Waals surface area contributed by atoms with E-state index < -0.39 is 0 Å². The SMILES string of the molecule is COc1ccc(NC(=O)[C@@H]2CCCN(c3nccc(C)n3)C2)cc1OC. The number of carbonyl (C=O) groups is 1. The van der Waals surface area contributed by atoms with E-state index in [0.29, 0.717) is 29.7 Å². The number of hydrogen-bond acceptors (Lipinski definition) is 6. The van der Waals surface area contributed by atoms with Crippen molar-refractivity contribution >= 4 is 17.5 Å². The summed E-state index contributed by atoms with van der Waals surface area (Å²) in [5.74, 6) is 1.79. The lowest BCUT2D eigenvalue weighted by atomic mass is 9.97. The van der Waals surface area contributed by atoms with Crippen LogP contribution in [0.5, 0.6) is 11.5 Å². The maximum atomic E-state index is 12.7. The minimum absolute atomic E-state index is 0.00503. The van der Waals surface area contributed by atoms with Crippen LogP contribution in [0, 0.1) is 12.8 Å². The normalized spacial score (nSPS) is 16.9. The number of benzene rings is 1. The summed E-state index contributed by atoms with van der Waals surface area (Å²) < 4.78 is 10.5. The zero-order chi connectivity index (χ0) is 18.5. The first kappa shape index (κ1) is 18.0. The Kier molecular flexibility index (Phi) is 5.55. The topological polar surface area (TPSA) is 76.6 Å². The van der Waals surface area contributed by atoms with Crippen LogP contribution in [0.3, 0.4) is 0 Å². The smallest absolute Gasteiger partial charge is 0.229 e. The maximum Gasteiger partial charge on any atom is 0.229 e. The van der Waals surface area contributed by atoms with Crippen molar-refractivity contribution in [2.45, 2.75) is 19.8 Å². The number of aromatic nitrogens is 2. The zero-order valence-electron chi connectivity index (χ0n) is 15.4. The van der Waals surface area contributed by atoms with E-state index in [1.54, 1.807) is 32.5 Å². The molecule has 0 radical (unpaired) electrons. The van der Waals surface area contributed by atoms with Crippen LogP contribution < -0.4 is 19.7 Å². The van der Waals surface area contributed by atoms with E-state index >= 15 is 0 Å². The minimum atomic E-state index is -0.110. The fraction of sp³-hybridized carbons (Fsp3) is 0.421. The largest absolute Gasteiger partial charge is 0.493 e. The standard InChI is InChI=1S/C19H24N4O3/c1-13-8-9-20-19(21-13)23-10-4-5-14(12-23)18(24)22-15-6-7-16(25-2)17(11-15)26-3/h6-9,11,14H,4-5,10,12H2,1-3H3,(H,22,24)/t14-/m1/s1. The molecule has 0 saturated carbocycles. The predicted molar refractivity (Wildman–Crippen MR) is 99.9 cm³/mol. The van der Waals surface area contributed by atoms with E-state index in [4.69, 9.17) is 9.47 Å². The highest BCUT2D eigenvalue weighted by molar-refractivity contribution is 5.93. The molecule has 1 fully saturated rings. The van der Waals surface area contributed by atoms with Crippen molar-refractivity contribution in [1.29, 1.82) is 0 Å². The van der Waals surface area contributed by atoms with Crippen LogP contribution in [0.2, 0.25) is 0 Å². The summed E-state index contributed by atoms with van der Waals surface area (Å²) in [7, 11) is 3.16. The van der Waals surface area contributed by atoms with Gasteiger partial charge in [-0.15, -0.1) is 0 Å². The molecule has 1 atom stereocenters. The van der Waals surface area contributed by atoms with Gasteiger partial charge in [-0.05, 0) is 38.0 Å². The van der Waals surface area contributed by atoms with Crippen molar-refractivity contribution in [3.8, 4) is 11.5 Å².